The Bertz CT molecular complexity index is 70.5. The quantitative estimate of drug-likeness (QED) is 0.474. The van der Waals surface area contributed by atoms with Gasteiger partial charge in [-0.1, -0.05) is 0 Å². The molecule has 0 spiro atoms. The van der Waals surface area contributed by atoms with Crippen LogP contribution in [0.2, 0.25) is 0 Å². The van der Waals surface area contributed by atoms with E-state index in [0.717, 1.165) is 6.42 Å². The van der Waals surface area contributed by atoms with Crippen LogP contribution in [0.15, 0.2) is 0 Å². The van der Waals surface area contributed by atoms with Gasteiger partial charge < -0.3 is 11.5 Å². The Balaban J connectivity index is 2.20. The fourth-order valence-corrected chi connectivity index (χ4v) is 0.840. The van der Waals surface area contributed by atoms with Gasteiger partial charge in [0.15, 0.2) is 0 Å². The maximum Gasteiger partial charge on any atom is 0.00862 e. The van der Waals surface area contributed by atoms with Gasteiger partial charge in [-0.05, 0) is 19.3 Å². The molecular formula is C5H12N2. The molecule has 0 aromatic heterocycles. The maximum absolute atomic E-state index is 5.51. The summed E-state index contributed by atoms with van der Waals surface area (Å²) < 4.78 is 0. The molecule has 2 nitrogen and oxygen atoms in total. The normalized spacial score (nSPS) is 43.3. The molecule has 1 saturated carbocycles. The molecule has 1 rings (SSSR count). The first kappa shape index (κ1) is 5.06. The molecule has 7 heavy (non-hydrogen) atoms. The predicted octanol–water partition coefficient (Wildman–Crippen LogP) is -0.319. The Labute approximate surface area is 43.9 Å². The van der Waals surface area contributed by atoms with Crippen molar-refractivity contribution in [2.75, 3.05) is 0 Å². The van der Waals surface area contributed by atoms with Crippen molar-refractivity contribution in [2.45, 2.75) is 25.4 Å². The molecule has 1 fully saturated rings. The summed E-state index contributed by atoms with van der Waals surface area (Å²) in [6, 6.07) is 0.731. The third-order valence-electron chi connectivity index (χ3n) is 1.57. The Morgan fingerprint density at radius 1 is 1.71 bits per heavy atom. The molecule has 0 aromatic carbocycles. The maximum atomic E-state index is 5.51. The number of hydrogen-bond donors (Lipinski definition) is 2. The molecule has 1 aliphatic rings. The molecule has 3 atom stereocenters. The van der Waals surface area contributed by atoms with Crippen molar-refractivity contribution in [2.24, 2.45) is 17.4 Å². The minimum Gasteiger partial charge on any atom is -0.328 e. The average Bonchev–Trinajstić information content (AvgIpc) is 2.17. The van der Waals surface area contributed by atoms with Crippen molar-refractivity contribution in [3.8, 4) is 0 Å². The van der Waals surface area contributed by atoms with Crippen LogP contribution in [-0.4, -0.2) is 12.1 Å². The Hall–Kier alpha value is -0.0800. The molecule has 0 aliphatic heterocycles. The first-order valence-corrected chi connectivity index (χ1v) is 2.73. The van der Waals surface area contributed by atoms with E-state index in [1.54, 1.807) is 0 Å². The summed E-state index contributed by atoms with van der Waals surface area (Å²) in [5.41, 5.74) is 11.0. The highest BCUT2D eigenvalue weighted by Crippen LogP contribution is 2.29. The molecule has 1 aliphatic carbocycles. The highest BCUT2D eigenvalue weighted by atomic mass is 14.8. The van der Waals surface area contributed by atoms with Crippen LogP contribution in [0.3, 0.4) is 0 Å². The molecule has 2 heteroatoms. The van der Waals surface area contributed by atoms with E-state index in [2.05, 4.69) is 0 Å². The lowest BCUT2D eigenvalue weighted by atomic mass is 10.2. The molecule has 42 valence electrons. The third kappa shape index (κ3) is 0.924. The Morgan fingerprint density at radius 2 is 2.14 bits per heavy atom. The van der Waals surface area contributed by atoms with Crippen molar-refractivity contribution in [1.29, 1.82) is 0 Å². The number of rotatable bonds is 1. The second-order valence-corrected chi connectivity index (χ2v) is 2.42. The van der Waals surface area contributed by atoms with Gasteiger partial charge in [0.2, 0.25) is 0 Å². The van der Waals surface area contributed by atoms with Gasteiger partial charge in [0.1, 0.15) is 0 Å². The summed E-state index contributed by atoms with van der Waals surface area (Å²) in [6.45, 7) is 2.01. The highest BCUT2D eigenvalue weighted by molar-refractivity contribution is 4.94. The van der Waals surface area contributed by atoms with Crippen molar-refractivity contribution >= 4 is 0 Å². The fraction of sp³-hybridized carbons (Fsp3) is 1.00. The number of hydrogen-bond acceptors (Lipinski definition) is 2. The van der Waals surface area contributed by atoms with Crippen molar-refractivity contribution in [3.05, 3.63) is 0 Å². The Morgan fingerprint density at radius 3 is 2.14 bits per heavy atom. The van der Waals surface area contributed by atoms with E-state index in [4.69, 9.17) is 11.5 Å². The van der Waals surface area contributed by atoms with Crippen LogP contribution < -0.4 is 11.5 Å². The van der Waals surface area contributed by atoms with Crippen LogP contribution in [0, 0.1) is 5.92 Å². The van der Waals surface area contributed by atoms with E-state index in [9.17, 15) is 0 Å². The fourth-order valence-electron chi connectivity index (χ4n) is 0.840. The minimum atomic E-state index is 0.315. The Kier molecular flexibility index (Phi) is 1.05. The van der Waals surface area contributed by atoms with E-state index in [0.29, 0.717) is 18.0 Å². The van der Waals surface area contributed by atoms with Crippen molar-refractivity contribution in [3.63, 3.8) is 0 Å². The molecule has 4 N–H and O–H groups in total. The van der Waals surface area contributed by atoms with E-state index in [1.165, 1.54) is 0 Å². The topological polar surface area (TPSA) is 52.0 Å². The lowest BCUT2D eigenvalue weighted by molar-refractivity contribution is 0.629. The van der Waals surface area contributed by atoms with Gasteiger partial charge in [0.05, 0.1) is 0 Å². The SMILES string of the molecule is CC(N)C1CC1N. The minimum absolute atomic E-state index is 0.315. The van der Waals surface area contributed by atoms with Gasteiger partial charge >= 0.3 is 0 Å². The zero-order valence-electron chi connectivity index (χ0n) is 4.59. The van der Waals surface area contributed by atoms with Gasteiger partial charge in [0, 0.05) is 12.1 Å². The largest absolute Gasteiger partial charge is 0.328 e. The van der Waals surface area contributed by atoms with Crippen molar-refractivity contribution < 1.29 is 0 Å². The van der Waals surface area contributed by atoms with E-state index in [1.807, 2.05) is 6.92 Å². The molecule has 0 amide bonds. The van der Waals surface area contributed by atoms with Gasteiger partial charge in [-0.3, -0.25) is 0 Å². The lowest BCUT2D eigenvalue weighted by Gasteiger charge is -1.97. The third-order valence-corrected chi connectivity index (χ3v) is 1.57. The standard InChI is InChI=1S/C5H12N2/c1-3(6)4-2-5(4)7/h3-5H,2,6-7H2,1H3. The monoisotopic (exact) mass is 100 g/mol. The van der Waals surface area contributed by atoms with E-state index < -0.39 is 0 Å². The smallest absolute Gasteiger partial charge is 0.00862 e. The summed E-state index contributed by atoms with van der Waals surface area (Å²) >= 11 is 0. The first-order valence-electron chi connectivity index (χ1n) is 2.73. The van der Waals surface area contributed by atoms with E-state index >= 15 is 0 Å². The zero-order chi connectivity index (χ0) is 5.44. The van der Waals surface area contributed by atoms with Gasteiger partial charge in [-0.15, -0.1) is 0 Å². The summed E-state index contributed by atoms with van der Waals surface area (Å²) in [5, 5.41) is 0. The summed E-state index contributed by atoms with van der Waals surface area (Å²) in [7, 11) is 0. The number of nitrogens with two attached hydrogens (primary N) is 2. The molecule has 0 saturated heterocycles. The van der Waals surface area contributed by atoms with Gasteiger partial charge in [0.25, 0.3) is 0 Å². The molecule has 3 unspecified atom stereocenters. The average molecular weight is 100 g/mol. The molecule has 0 radical (unpaired) electrons. The van der Waals surface area contributed by atoms with Crippen molar-refractivity contribution in [1.82, 2.24) is 0 Å². The first-order chi connectivity index (χ1) is 3.22. The highest BCUT2D eigenvalue weighted by Gasteiger charge is 2.35. The van der Waals surface area contributed by atoms with Gasteiger partial charge in [-0.2, -0.15) is 0 Å². The summed E-state index contributed by atoms with van der Waals surface area (Å²) in [4.78, 5) is 0. The van der Waals surface area contributed by atoms with Crippen LogP contribution >= 0.6 is 0 Å². The molecular weight excluding hydrogens is 88.1 g/mol. The second-order valence-electron chi connectivity index (χ2n) is 2.42. The summed E-state index contributed by atoms with van der Waals surface area (Å²) in [5.74, 6) is 0.625. The molecule has 0 heterocycles. The van der Waals surface area contributed by atoms with Crippen LogP contribution in [0.5, 0.6) is 0 Å². The lowest BCUT2D eigenvalue weighted by Crippen LogP contribution is -2.21. The zero-order valence-corrected chi connectivity index (χ0v) is 4.59. The van der Waals surface area contributed by atoms with Crippen LogP contribution in [-0.2, 0) is 0 Å². The van der Waals surface area contributed by atoms with Crippen LogP contribution in [0.4, 0.5) is 0 Å². The molecule has 0 aromatic rings. The predicted molar refractivity (Wildman–Crippen MR) is 29.7 cm³/mol. The van der Waals surface area contributed by atoms with E-state index in [-0.39, 0.29) is 0 Å². The van der Waals surface area contributed by atoms with Gasteiger partial charge in [-0.25, -0.2) is 0 Å². The molecule has 0 bridgehead atoms. The van der Waals surface area contributed by atoms with Crippen LogP contribution in [0.25, 0.3) is 0 Å². The second kappa shape index (κ2) is 1.46. The van der Waals surface area contributed by atoms with Crippen LogP contribution in [0.1, 0.15) is 13.3 Å². The summed E-state index contributed by atoms with van der Waals surface area (Å²) in [6.07, 6.45) is 1.14.